The minimum atomic E-state index is -4.68. The van der Waals surface area contributed by atoms with Crippen LogP contribution in [0, 0.1) is 13.8 Å². The zero-order valence-electron chi connectivity index (χ0n) is 16.7. The Hall–Kier alpha value is -3.75. The minimum absolute atomic E-state index is 0.0639. The second-order valence-corrected chi connectivity index (χ2v) is 7.13. The molecule has 6 nitrogen and oxygen atoms in total. The third-order valence-corrected chi connectivity index (χ3v) is 4.91. The van der Waals surface area contributed by atoms with Crippen molar-refractivity contribution in [3.63, 3.8) is 0 Å². The Balaban J connectivity index is 1.73. The lowest BCUT2D eigenvalue weighted by molar-refractivity contribution is -0.142. The van der Waals surface area contributed by atoms with Crippen molar-refractivity contribution in [2.75, 3.05) is 0 Å². The number of amides is 1. The van der Waals surface area contributed by atoms with E-state index in [0.717, 1.165) is 17.2 Å². The van der Waals surface area contributed by atoms with Crippen molar-refractivity contribution in [1.29, 1.82) is 0 Å². The Labute approximate surface area is 175 Å². The van der Waals surface area contributed by atoms with E-state index in [4.69, 9.17) is 0 Å². The van der Waals surface area contributed by atoms with Crippen LogP contribution in [0.2, 0.25) is 0 Å². The molecular formula is C22H18F3N5O. The lowest BCUT2D eigenvalue weighted by atomic mass is 10.0. The molecule has 0 radical (unpaired) electrons. The Bertz CT molecular complexity index is 1270. The summed E-state index contributed by atoms with van der Waals surface area (Å²) in [6, 6.07) is 12.8. The van der Waals surface area contributed by atoms with Gasteiger partial charge < -0.3 is 5.32 Å². The van der Waals surface area contributed by atoms with Gasteiger partial charge in [0, 0.05) is 17.8 Å². The molecule has 0 aliphatic heterocycles. The van der Waals surface area contributed by atoms with Crippen LogP contribution in [0.25, 0.3) is 16.9 Å². The van der Waals surface area contributed by atoms with Crippen molar-refractivity contribution in [3.8, 4) is 11.3 Å². The number of alkyl halides is 3. The van der Waals surface area contributed by atoms with E-state index in [1.54, 1.807) is 36.5 Å². The highest BCUT2D eigenvalue weighted by Gasteiger charge is 2.35. The Morgan fingerprint density at radius 1 is 1.06 bits per heavy atom. The summed E-state index contributed by atoms with van der Waals surface area (Å²) < 4.78 is 41.9. The number of rotatable bonds is 4. The van der Waals surface area contributed by atoms with Crippen LogP contribution < -0.4 is 5.32 Å². The number of benzene rings is 1. The van der Waals surface area contributed by atoms with Crippen LogP contribution in [-0.2, 0) is 12.7 Å². The summed E-state index contributed by atoms with van der Waals surface area (Å²) in [5, 5.41) is 6.47. The third-order valence-electron chi connectivity index (χ3n) is 4.91. The van der Waals surface area contributed by atoms with Gasteiger partial charge in [-0.25, -0.2) is 9.50 Å². The smallest absolute Gasteiger partial charge is 0.345 e. The predicted octanol–water partition coefficient (Wildman–Crippen LogP) is 4.36. The Morgan fingerprint density at radius 3 is 2.55 bits per heavy atom. The second-order valence-electron chi connectivity index (χ2n) is 7.13. The van der Waals surface area contributed by atoms with E-state index in [0.29, 0.717) is 15.8 Å². The van der Waals surface area contributed by atoms with E-state index in [1.165, 1.54) is 6.07 Å². The van der Waals surface area contributed by atoms with Crippen LogP contribution >= 0.6 is 0 Å². The van der Waals surface area contributed by atoms with Gasteiger partial charge in [0.25, 0.3) is 5.91 Å². The number of pyridine rings is 1. The molecule has 4 rings (SSSR count). The lowest BCUT2D eigenvalue weighted by Gasteiger charge is -2.11. The van der Waals surface area contributed by atoms with Gasteiger partial charge in [0.1, 0.15) is 0 Å². The molecule has 158 valence electrons. The maximum atomic E-state index is 13.7. The number of aryl methyl sites for hydroxylation is 2. The van der Waals surface area contributed by atoms with Crippen molar-refractivity contribution in [2.24, 2.45) is 0 Å². The van der Waals surface area contributed by atoms with Crippen molar-refractivity contribution < 1.29 is 18.0 Å². The number of hydrogen-bond acceptors (Lipinski definition) is 4. The highest BCUT2D eigenvalue weighted by atomic mass is 19.4. The quantitative estimate of drug-likeness (QED) is 0.528. The fourth-order valence-corrected chi connectivity index (χ4v) is 3.10. The van der Waals surface area contributed by atoms with Crippen LogP contribution in [0.3, 0.4) is 0 Å². The summed E-state index contributed by atoms with van der Waals surface area (Å²) in [6.07, 6.45) is -3.09. The van der Waals surface area contributed by atoms with Gasteiger partial charge in [-0.2, -0.15) is 18.3 Å². The largest absolute Gasteiger partial charge is 0.433 e. The van der Waals surface area contributed by atoms with Gasteiger partial charge in [-0.15, -0.1) is 0 Å². The first-order chi connectivity index (χ1) is 14.7. The molecule has 4 aromatic rings. The summed E-state index contributed by atoms with van der Waals surface area (Å²) in [5.41, 5.74) is 2.06. The molecule has 0 atom stereocenters. The first kappa shape index (κ1) is 20.5. The minimum Gasteiger partial charge on any atom is -0.345 e. The third kappa shape index (κ3) is 4.25. The number of hydrogen-bond donors (Lipinski definition) is 1. The summed E-state index contributed by atoms with van der Waals surface area (Å²) in [6.45, 7) is 3.93. The van der Waals surface area contributed by atoms with Gasteiger partial charge in [-0.05, 0) is 49.2 Å². The first-order valence-electron chi connectivity index (χ1n) is 9.46. The van der Waals surface area contributed by atoms with Crippen molar-refractivity contribution in [2.45, 2.75) is 26.6 Å². The molecule has 1 N–H and O–H groups in total. The molecule has 0 aliphatic carbocycles. The summed E-state index contributed by atoms with van der Waals surface area (Å²) in [7, 11) is 0. The second kappa shape index (κ2) is 7.82. The van der Waals surface area contributed by atoms with Gasteiger partial charge in [0.05, 0.1) is 17.9 Å². The van der Waals surface area contributed by atoms with Crippen LogP contribution in [0.1, 0.15) is 33.0 Å². The molecular weight excluding hydrogens is 407 g/mol. The molecule has 9 heteroatoms. The summed E-state index contributed by atoms with van der Waals surface area (Å²) in [4.78, 5) is 20.9. The SMILES string of the molecule is Cc1ccc(-c2cc(C(F)(F)F)n3nc(C(=O)NCc4ccccn4)cc3n2)cc1C. The molecule has 3 aromatic heterocycles. The molecule has 3 heterocycles. The van der Waals surface area contributed by atoms with E-state index in [1.807, 2.05) is 19.9 Å². The van der Waals surface area contributed by atoms with E-state index >= 15 is 0 Å². The number of aromatic nitrogens is 4. The zero-order chi connectivity index (χ0) is 22.2. The lowest BCUT2D eigenvalue weighted by Crippen LogP contribution is -2.24. The average Bonchev–Trinajstić information content (AvgIpc) is 3.17. The standard InChI is InChI=1S/C22H18F3N5O/c1-13-6-7-15(9-14(13)2)17-10-19(22(23,24)25)30-20(28-17)11-18(29-30)21(31)27-12-16-5-3-4-8-26-16/h3-11H,12H2,1-2H3,(H,27,31). The summed E-state index contributed by atoms with van der Waals surface area (Å²) >= 11 is 0. The molecule has 0 aliphatic rings. The predicted molar refractivity (Wildman–Crippen MR) is 108 cm³/mol. The van der Waals surface area contributed by atoms with Gasteiger partial charge in [-0.1, -0.05) is 18.2 Å². The normalized spacial score (nSPS) is 11.6. The van der Waals surface area contributed by atoms with E-state index in [2.05, 4.69) is 20.4 Å². The molecule has 0 spiro atoms. The number of halogens is 3. The molecule has 0 bridgehead atoms. The number of carbonyl (C=O) groups is 1. The van der Waals surface area contributed by atoms with Gasteiger partial charge in [-0.3, -0.25) is 9.78 Å². The Kier molecular flexibility index (Phi) is 5.18. The maximum Gasteiger partial charge on any atom is 0.433 e. The first-order valence-corrected chi connectivity index (χ1v) is 9.46. The van der Waals surface area contributed by atoms with Crippen molar-refractivity contribution in [1.82, 2.24) is 24.9 Å². The number of nitrogens with zero attached hydrogens (tertiary/aromatic N) is 4. The van der Waals surface area contributed by atoms with Gasteiger partial charge in [0.2, 0.25) is 0 Å². The molecule has 1 aromatic carbocycles. The molecule has 1 amide bonds. The average molecular weight is 425 g/mol. The molecule has 31 heavy (non-hydrogen) atoms. The van der Waals surface area contributed by atoms with Crippen molar-refractivity contribution >= 4 is 11.6 Å². The number of carbonyl (C=O) groups excluding carboxylic acids is 1. The molecule has 0 unspecified atom stereocenters. The topological polar surface area (TPSA) is 72.2 Å². The highest BCUT2D eigenvalue weighted by molar-refractivity contribution is 5.93. The van der Waals surface area contributed by atoms with Crippen LogP contribution in [0.5, 0.6) is 0 Å². The number of nitrogens with one attached hydrogen (secondary N) is 1. The van der Waals surface area contributed by atoms with Gasteiger partial charge in [0.15, 0.2) is 17.0 Å². The zero-order valence-corrected chi connectivity index (χ0v) is 16.7. The maximum absolute atomic E-state index is 13.7. The molecule has 0 saturated heterocycles. The van der Waals surface area contributed by atoms with Crippen LogP contribution in [0.4, 0.5) is 13.2 Å². The van der Waals surface area contributed by atoms with Crippen LogP contribution in [0.15, 0.2) is 54.7 Å². The molecule has 0 fully saturated rings. The number of fused-ring (bicyclic) bond motifs is 1. The van der Waals surface area contributed by atoms with Crippen molar-refractivity contribution in [3.05, 3.63) is 82.9 Å². The fourth-order valence-electron chi connectivity index (χ4n) is 3.10. The summed E-state index contributed by atoms with van der Waals surface area (Å²) in [5.74, 6) is -0.614. The van der Waals surface area contributed by atoms with E-state index in [9.17, 15) is 18.0 Å². The van der Waals surface area contributed by atoms with E-state index < -0.39 is 17.8 Å². The monoisotopic (exact) mass is 425 g/mol. The Morgan fingerprint density at radius 2 is 1.87 bits per heavy atom. The van der Waals surface area contributed by atoms with Gasteiger partial charge >= 0.3 is 6.18 Å². The van der Waals surface area contributed by atoms with Crippen LogP contribution in [-0.4, -0.2) is 25.5 Å². The molecule has 0 saturated carbocycles. The van der Waals surface area contributed by atoms with E-state index in [-0.39, 0.29) is 23.6 Å². The highest BCUT2D eigenvalue weighted by Crippen LogP contribution is 2.32. The fraction of sp³-hybridized carbons (Fsp3) is 0.182.